The van der Waals surface area contributed by atoms with E-state index < -0.39 is 18.5 Å². The Morgan fingerprint density at radius 1 is 1.31 bits per heavy atom. The molecule has 10 nitrogen and oxygen atoms in total. The van der Waals surface area contributed by atoms with Gasteiger partial charge in [-0.2, -0.15) is 10.1 Å². The first kappa shape index (κ1) is 24.3. The zero-order valence-corrected chi connectivity index (χ0v) is 20.3. The van der Waals surface area contributed by atoms with Crippen molar-refractivity contribution < 1.29 is 18.3 Å². The van der Waals surface area contributed by atoms with Crippen LogP contribution in [0.3, 0.4) is 0 Å². The maximum Gasteiger partial charge on any atom is 0.244 e. The van der Waals surface area contributed by atoms with Crippen molar-refractivity contribution in [2.75, 3.05) is 50.7 Å². The lowest BCUT2D eigenvalue weighted by Gasteiger charge is -2.41. The topological polar surface area (TPSA) is 112 Å². The van der Waals surface area contributed by atoms with Crippen LogP contribution in [0.4, 0.5) is 26.1 Å². The van der Waals surface area contributed by atoms with Crippen LogP contribution in [0.2, 0.25) is 0 Å². The van der Waals surface area contributed by atoms with Gasteiger partial charge in [0.1, 0.15) is 17.9 Å². The van der Waals surface area contributed by atoms with E-state index >= 15 is 4.39 Å². The van der Waals surface area contributed by atoms with Gasteiger partial charge in [0.05, 0.1) is 49.9 Å². The third kappa shape index (κ3) is 4.70. The van der Waals surface area contributed by atoms with Gasteiger partial charge in [0, 0.05) is 19.1 Å². The highest BCUT2D eigenvalue weighted by Crippen LogP contribution is 2.38. The van der Waals surface area contributed by atoms with Crippen molar-refractivity contribution in [3.8, 4) is 17.0 Å². The van der Waals surface area contributed by atoms with Gasteiger partial charge in [-0.1, -0.05) is 6.07 Å². The molecule has 0 radical (unpaired) electrons. The number of nitrogens with one attached hydrogen (secondary N) is 3. The number of piperidine rings is 1. The Labute approximate surface area is 207 Å². The molecule has 3 aromatic rings. The van der Waals surface area contributed by atoms with Crippen LogP contribution in [0.15, 0.2) is 29.5 Å². The molecule has 4 heterocycles. The summed E-state index contributed by atoms with van der Waals surface area (Å²) in [5.41, 5.74) is 9.29. The number of ether oxygens (including phenoxy) is 2. The van der Waals surface area contributed by atoms with Crippen LogP contribution in [-0.2, 0) is 4.74 Å². The van der Waals surface area contributed by atoms with Crippen molar-refractivity contribution in [3.05, 3.63) is 30.2 Å². The molecule has 0 unspecified atom stereocenters. The first-order valence-corrected chi connectivity index (χ1v) is 12.1. The second-order valence-corrected chi connectivity index (χ2v) is 9.28. The molecule has 0 saturated carbocycles. The second kappa shape index (κ2) is 10.3. The van der Waals surface area contributed by atoms with E-state index in [0.717, 1.165) is 39.1 Å². The smallest absolute Gasteiger partial charge is 0.244 e. The van der Waals surface area contributed by atoms with Crippen molar-refractivity contribution >= 4 is 22.8 Å². The summed E-state index contributed by atoms with van der Waals surface area (Å²) in [6.45, 7) is 4.65. The number of nitrogens with zero attached hydrogens (tertiary/aromatic N) is 5. The minimum absolute atomic E-state index is 0.205. The number of benzene rings is 1. The molecule has 2 aliphatic heterocycles. The number of alkyl halides is 1. The molecule has 2 aliphatic rings. The van der Waals surface area contributed by atoms with E-state index in [1.165, 1.54) is 17.8 Å². The van der Waals surface area contributed by atoms with Gasteiger partial charge >= 0.3 is 0 Å². The molecule has 2 fully saturated rings. The number of methoxy groups -OCH3 is 1. The fraction of sp³-hybridized carbons (Fsp3) is 0.500. The van der Waals surface area contributed by atoms with E-state index in [0.29, 0.717) is 34.4 Å². The van der Waals surface area contributed by atoms with Crippen LogP contribution in [0.5, 0.6) is 5.88 Å². The van der Waals surface area contributed by atoms with E-state index in [2.05, 4.69) is 30.7 Å². The number of hydrogen-bond acceptors (Lipinski definition) is 9. The highest BCUT2D eigenvalue weighted by atomic mass is 19.1. The predicted molar refractivity (Wildman–Crippen MR) is 132 cm³/mol. The Morgan fingerprint density at radius 2 is 2.08 bits per heavy atom. The van der Waals surface area contributed by atoms with Crippen LogP contribution in [0, 0.1) is 11.3 Å². The van der Waals surface area contributed by atoms with Crippen molar-refractivity contribution in [1.29, 1.82) is 5.53 Å². The Balaban J connectivity index is 1.43. The summed E-state index contributed by atoms with van der Waals surface area (Å²) >= 11 is 0. The highest BCUT2D eigenvalue weighted by Gasteiger charge is 2.30. The lowest BCUT2D eigenvalue weighted by Crippen LogP contribution is -2.53. The average Bonchev–Trinajstić information content (AvgIpc) is 3.19. The maximum atomic E-state index is 15.3. The van der Waals surface area contributed by atoms with Crippen molar-refractivity contribution in [3.63, 3.8) is 0 Å². The van der Waals surface area contributed by atoms with Gasteiger partial charge in [-0.25, -0.2) is 18.8 Å². The Hall–Kier alpha value is -3.38. The van der Waals surface area contributed by atoms with Crippen molar-refractivity contribution in [1.82, 2.24) is 19.5 Å². The number of anilines is 2. The minimum atomic E-state index is -0.601. The SMILES string of the molecule is COc1nc(NC2CCN(C3COC3)CC2)nn2cc(F)c(-c3ccc(N=N)c(N[C@H](C)CF)c3)c12. The van der Waals surface area contributed by atoms with Gasteiger partial charge in [0.2, 0.25) is 11.8 Å². The molecule has 3 N–H and O–H groups in total. The van der Waals surface area contributed by atoms with E-state index in [-0.39, 0.29) is 17.5 Å². The largest absolute Gasteiger partial charge is 0.479 e. The van der Waals surface area contributed by atoms with E-state index in [4.69, 9.17) is 15.0 Å². The third-order valence-electron chi connectivity index (χ3n) is 6.78. The Bertz CT molecular complexity index is 1240. The van der Waals surface area contributed by atoms with E-state index in [1.54, 1.807) is 25.1 Å². The molecule has 0 bridgehead atoms. The summed E-state index contributed by atoms with van der Waals surface area (Å²) in [5, 5.41) is 14.4. The second-order valence-electron chi connectivity index (χ2n) is 9.28. The monoisotopic (exact) mass is 500 g/mol. The van der Waals surface area contributed by atoms with Gasteiger partial charge in [-0.3, -0.25) is 4.90 Å². The fourth-order valence-electron chi connectivity index (χ4n) is 4.73. The molecular formula is C24H30F2N8O2. The van der Waals surface area contributed by atoms with Gasteiger partial charge < -0.3 is 20.1 Å². The minimum Gasteiger partial charge on any atom is -0.479 e. The number of hydrogen-bond donors (Lipinski definition) is 3. The first-order chi connectivity index (χ1) is 17.5. The normalized spacial score (nSPS) is 18.1. The molecule has 0 aliphatic carbocycles. The molecule has 2 aromatic heterocycles. The maximum absolute atomic E-state index is 15.3. The van der Waals surface area contributed by atoms with Gasteiger partial charge in [-0.05, 0) is 37.5 Å². The van der Waals surface area contributed by atoms with Crippen LogP contribution < -0.4 is 15.4 Å². The molecular weight excluding hydrogens is 470 g/mol. The number of rotatable bonds is 9. The zero-order chi connectivity index (χ0) is 25.2. The lowest BCUT2D eigenvalue weighted by molar-refractivity contribution is -0.0705. The molecule has 2 saturated heterocycles. The molecule has 0 spiro atoms. The molecule has 5 rings (SSSR count). The van der Waals surface area contributed by atoms with Crippen molar-refractivity contribution in [2.45, 2.75) is 37.9 Å². The summed E-state index contributed by atoms with van der Waals surface area (Å²) in [5.74, 6) is 0.0981. The number of likely N-dealkylation sites (tertiary alicyclic amines) is 1. The number of fused-ring (bicyclic) bond motifs is 1. The molecule has 192 valence electrons. The van der Waals surface area contributed by atoms with Crippen molar-refractivity contribution in [2.24, 2.45) is 5.11 Å². The van der Waals surface area contributed by atoms with Crippen LogP contribution >= 0.6 is 0 Å². The van der Waals surface area contributed by atoms with Crippen LogP contribution in [0.25, 0.3) is 16.6 Å². The Kier molecular flexibility index (Phi) is 6.97. The number of halogens is 2. The van der Waals surface area contributed by atoms with Crippen LogP contribution in [-0.4, -0.2) is 77.7 Å². The molecule has 1 aromatic carbocycles. The average molecular weight is 501 g/mol. The first-order valence-electron chi connectivity index (χ1n) is 12.1. The van der Waals surface area contributed by atoms with E-state index in [9.17, 15) is 4.39 Å². The fourth-order valence-corrected chi connectivity index (χ4v) is 4.73. The molecule has 1 atom stereocenters. The molecule has 36 heavy (non-hydrogen) atoms. The highest BCUT2D eigenvalue weighted by molar-refractivity contribution is 5.88. The predicted octanol–water partition coefficient (Wildman–Crippen LogP) is 4.25. The third-order valence-corrected chi connectivity index (χ3v) is 6.78. The molecule has 0 amide bonds. The van der Waals surface area contributed by atoms with Gasteiger partial charge in [0.25, 0.3) is 0 Å². The summed E-state index contributed by atoms with van der Waals surface area (Å²) in [6.07, 6.45) is 3.19. The van der Waals surface area contributed by atoms with Crippen LogP contribution in [0.1, 0.15) is 19.8 Å². The summed E-state index contributed by atoms with van der Waals surface area (Å²) in [6, 6.07) is 5.13. The van der Waals surface area contributed by atoms with E-state index in [1.807, 2.05) is 0 Å². The standard InChI is InChI=1S/C24H30F2N8O2/c1-14(10-25)28-20-9-15(3-4-19(20)31-27)21-18(26)11-34-22(21)23(35-2)30-24(32-34)29-16-5-7-33(8-6-16)17-12-36-13-17/h3-4,9,11,14,16-17,27-28H,5-8,10,12-13H2,1-2H3,(H,29,32)/t14-/m1/s1. The summed E-state index contributed by atoms with van der Waals surface area (Å²) < 4.78 is 40.6. The summed E-state index contributed by atoms with van der Waals surface area (Å²) in [4.78, 5) is 6.99. The lowest BCUT2D eigenvalue weighted by atomic mass is 10.0. The number of aromatic nitrogens is 3. The quantitative estimate of drug-likeness (QED) is 0.377. The van der Waals surface area contributed by atoms with Gasteiger partial charge in [-0.15, -0.1) is 5.10 Å². The van der Waals surface area contributed by atoms with Gasteiger partial charge in [0.15, 0.2) is 5.82 Å². The summed E-state index contributed by atoms with van der Waals surface area (Å²) in [7, 11) is 1.48. The molecule has 12 heteroatoms. The Morgan fingerprint density at radius 3 is 2.72 bits per heavy atom. The zero-order valence-electron chi connectivity index (χ0n) is 20.3.